The van der Waals surface area contributed by atoms with Crippen LogP contribution in [0.25, 0.3) is 0 Å². The molecule has 0 heterocycles. The minimum atomic E-state index is -4.26. The summed E-state index contributed by atoms with van der Waals surface area (Å²) in [5, 5.41) is 0. The van der Waals surface area contributed by atoms with E-state index >= 15 is 0 Å². The molecule has 0 rings (SSSR count). The molecule has 0 fully saturated rings. The van der Waals surface area contributed by atoms with E-state index in [0.29, 0.717) is 12.8 Å². The molecule has 2 unspecified atom stereocenters. The van der Waals surface area contributed by atoms with Gasteiger partial charge in [-0.2, -0.15) is 0 Å². The Kier molecular flexibility index (Phi) is 37.2. The Morgan fingerprint density at radius 2 is 0.981 bits per heavy atom. The van der Waals surface area contributed by atoms with Crippen LogP contribution < -0.4 is 0 Å². The molecule has 52 heavy (non-hydrogen) atoms. The number of carbonyl (C=O) groups excluding carboxylic acids is 2. The zero-order chi connectivity index (χ0) is 38.2. The third-order valence-electron chi connectivity index (χ3n) is 8.84. The van der Waals surface area contributed by atoms with Crippen LogP contribution in [0.1, 0.15) is 187 Å². The van der Waals surface area contributed by atoms with Crippen molar-refractivity contribution in [2.45, 2.75) is 193 Å². The number of phosphoric ester groups is 1. The van der Waals surface area contributed by atoms with E-state index < -0.39 is 26.5 Å². The lowest BCUT2D eigenvalue weighted by atomic mass is 10.0. The third-order valence-corrected chi connectivity index (χ3v) is 9.77. The van der Waals surface area contributed by atoms with E-state index in [2.05, 4.69) is 67.0 Å². The van der Waals surface area contributed by atoms with Crippen LogP contribution in [0.15, 0.2) is 48.6 Å². The topological polar surface area (TPSA) is 108 Å². The predicted octanol–water partition coefficient (Wildman–Crippen LogP) is 13.0. The van der Waals surface area contributed by atoms with Crippen molar-refractivity contribution >= 4 is 19.8 Å². The van der Waals surface area contributed by atoms with Crippen molar-refractivity contribution in [1.29, 1.82) is 0 Å². The van der Waals surface area contributed by atoms with Crippen LogP contribution in [0.4, 0.5) is 0 Å². The van der Waals surface area contributed by atoms with Gasteiger partial charge in [0.2, 0.25) is 0 Å². The first kappa shape index (κ1) is 50.0. The van der Waals surface area contributed by atoms with E-state index in [0.717, 1.165) is 77.7 Å². The average molecular weight is 753 g/mol. The summed E-state index contributed by atoms with van der Waals surface area (Å²) < 4.78 is 31.9. The van der Waals surface area contributed by atoms with Gasteiger partial charge in [0, 0.05) is 20.0 Å². The highest BCUT2D eigenvalue weighted by atomic mass is 31.2. The molecule has 0 aliphatic carbocycles. The molecule has 0 radical (unpaired) electrons. The van der Waals surface area contributed by atoms with E-state index in [9.17, 15) is 19.0 Å². The van der Waals surface area contributed by atoms with E-state index in [-0.39, 0.29) is 19.0 Å². The summed E-state index contributed by atoms with van der Waals surface area (Å²) in [6.07, 6.45) is 45.9. The molecule has 0 bridgehead atoms. The molecule has 0 aliphatic rings. The van der Waals surface area contributed by atoms with Gasteiger partial charge in [-0.25, -0.2) is 4.57 Å². The smallest absolute Gasteiger partial charge is 0.462 e. The fraction of sp³-hybridized carbons (Fsp3) is 0.767. The summed E-state index contributed by atoms with van der Waals surface area (Å²) in [6.45, 7) is 3.76. The van der Waals surface area contributed by atoms with Crippen molar-refractivity contribution in [3.8, 4) is 0 Å². The Bertz CT molecular complexity index is 990. The lowest BCUT2D eigenvalue weighted by molar-refractivity contribution is -0.161. The minimum Gasteiger partial charge on any atom is -0.462 e. The molecule has 0 amide bonds. The number of allylic oxidation sites excluding steroid dienone is 8. The van der Waals surface area contributed by atoms with Crippen LogP contribution in [-0.4, -0.2) is 43.3 Å². The Balaban J connectivity index is 4.00. The molecule has 0 aromatic heterocycles. The number of rotatable bonds is 38. The number of hydrogen-bond donors (Lipinski definition) is 1. The highest BCUT2D eigenvalue weighted by Gasteiger charge is 2.24. The van der Waals surface area contributed by atoms with E-state index in [4.69, 9.17) is 14.0 Å². The Labute approximate surface area is 318 Å². The van der Waals surface area contributed by atoms with Gasteiger partial charge in [0.1, 0.15) is 6.61 Å². The molecular weight excluding hydrogens is 675 g/mol. The number of phosphoric acid groups is 1. The van der Waals surface area contributed by atoms with E-state index in [1.165, 1.54) is 83.5 Å². The predicted molar refractivity (Wildman–Crippen MR) is 216 cm³/mol. The second kappa shape index (κ2) is 38.7. The Morgan fingerprint density at radius 1 is 0.558 bits per heavy atom. The molecule has 0 saturated carbocycles. The van der Waals surface area contributed by atoms with Gasteiger partial charge < -0.3 is 14.4 Å². The van der Waals surface area contributed by atoms with Crippen molar-refractivity contribution < 1.29 is 37.6 Å². The Morgan fingerprint density at radius 3 is 1.46 bits per heavy atom. The van der Waals surface area contributed by atoms with E-state index in [1.54, 1.807) is 0 Å². The molecule has 0 aromatic carbocycles. The van der Waals surface area contributed by atoms with Crippen LogP contribution in [0, 0.1) is 0 Å². The first-order chi connectivity index (χ1) is 25.3. The molecule has 2 atom stereocenters. The fourth-order valence-corrected chi connectivity index (χ4v) is 6.11. The summed E-state index contributed by atoms with van der Waals surface area (Å²) in [6, 6.07) is 0. The second-order valence-electron chi connectivity index (χ2n) is 13.7. The zero-order valence-corrected chi connectivity index (χ0v) is 34.3. The standard InChI is InChI=1S/C43H77O8P/c1-4-6-8-10-12-14-16-18-19-20-21-22-23-24-25-26-28-30-32-34-36-38-43(45)51-41(40-50-52(46,47)48-3)39-49-42(44)37-35-33-31-29-27-17-15-13-11-9-7-5-2/h6,8,12,14,18-19,21-22,41H,4-5,7,9-11,13,15-17,20,23-40H2,1-3H3,(H,46,47)/b8-6-,14-12-,19-18-,22-21-. The van der Waals surface area contributed by atoms with E-state index in [1.807, 2.05) is 0 Å². The van der Waals surface area contributed by atoms with Crippen LogP contribution in [0.3, 0.4) is 0 Å². The average Bonchev–Trinajstić information content (AvgIpc) is 3.13. The second-order valence-corrected chi connectivity index (χ2v) is 15.3. The van der Waals surface area contributed by atoms with Gasteiger partial charge in [-0.1, -0.05) is 172 Å². The molecule has 0 spiro atoms. The summed E-state index contributed by atoms with van der Waals surface area (Å²) in [5.74, 6) is -0.812. The van der Waals surface area contributed by atoms with Crippen molar-refractivity contribution in [3.63, 3.8) is 0 Å². The number of hydrogen-bond acceptors (Lipinski definition) is 7. The molecule has 9 heteroatoms. The van der Waals surface area contributed by atoms with Gasteiger partial charge >= 0.3 is 19.8 Å². The molecular formula is C43H77O8P. The van der Waals surface area contributed by atoms with Gasteiger partial charge in [-0.15, -0.1) is 0 Å². The summed E-state index contributed by atoms with van der Waals surface area (Å²) >= 11 is 0. The molecule has 302 valence electrons. The maximum absolute atomic E-state index is 12.5. The SMILES string of the molecule is CC/C=C\C/C=C\C/C=C\C/C=C\CCCCCCCCCCC(=O)OC(COC(=O)CCCCCCCCCCCCCC)COP(=O)(O)OC. The number of unbranched alkanes of at least 4 members (excludes halogenated alkanes) is 19. The van der Waals surface area contributed by atoms with Crippen LogP contribution in [0.5, 0.6) is 0 Å². The van der Waals surface area contributed by atoms with Crippen LogP contribution in [0.2, 0.25) is 0 Å². The Hall–Kier alpha value is -1.99. The van der Waals surface area contributed by atoms with Crippen LogP contribution in [-0.2, 0) is 32.7 Å². The molecule has 8 nitrogen and oxygen atoms in total. The normalized spacial score (nSPS) is 13.8. The maximum atomic E-state index is 12.5. The third kappa shape index (κ3) is 37.8. The molecule has 0 aliphatic heterocycles. The van der Waals surface area contributed by atoms with Crippen molar-refractivity contribution in [2.75, 3.05) is 20.3 Å². The number of ether oxygens (including phenoxy) is 2. The van der Waals surface area contributed by atoms with Crippen molar-refractivity contribution in [1.82, 2.24) is 0 Å². The van der Waals surface area contributed by atoms with Gasteiger partial charge in [0.05, 0.1) is 6.61 Å². The lowest BCUT2D eigenvalue weighted by Gasteiger charge is -2.19. The maximum Gasteiger partial charge on any atom is 0.472 e. The summed E-state index contributed by atoms with van der Waals surface area (Å²) in [4.78, 5) is 34.4. The zero-order valence-electron chi connectivity index (χ0n) is 33.5. The molecule has 0 aromatic rings. The first-order valence-corrected chi connectivity index (χ1v) is 22.3. The molecule has 0 saturated heterocycles. The highest BCUT2D eigenvalue weighted by Crippen LogP contribution is 2.42. The van der Waals surface area contributed by atoms with Gasteiger partial charge in [-0.3, -0.25) is 18.6 Å². The van der Waals surface area contributed by atoms with Gasteiger partial charge in [-0.05, 0) is 51.4 Å². The number of esters is 2. The van der Waals surface area contributed by atoms with Crippen molar-refractivity contribution in [2.24, 2.45) is 0 Å². The summed E-state index contributed by atoms with van der Waals surface area (Å²) in [7, 11) is -3.20. The highest BCUT2D eigenvalue weighted by molar-refractivity contribution is 7.47. The van der Waals surface area contributed by atoms with Gasteiger partial charge in [0.25, 0.3) is 0 Å². The minimum absolute atomic E-state index is 0.227. The first-order valence-electron chi connectivity index (χ1n) is 20.8. The van der Waals surface area contributed by atoms with Gasteiger partial charge in [0.15, 0.2) is 6.10 Å². The number of carbonyl (C=O) groups is 2. The lowest BCUT2D eigenvalue weighted by Crippen LogP contribution is -2.29. The summed E-state index contributed by atoms with van der Waals surface area (Å²) in [5.41, 5.74) is 0. The molecule has 1 N–H and O–H groups in total. The fourth-order valence-electron chi connectivity index (χ4n) is 5.65. The van der Waals surface area contributed by atoms with Crippen LogP contribution >= 0.6 is 7.82 Å². The monoisotopic (exact) mass is 753 g/mol. The quantitative estimate of drug-likeness (QED) is 0.0287. The largest absolute Gasteiger partial charge is 0.472 e. The van der Waals surface area contributed by atoms with Crippen molar-refractivity contribution in [3.05, 3.63) is 48.6 Å².